The van der Waals surface area contributed by atoms with Gasteiger partial charge in [-0.15, -0.1) is 0 Å². The van der Waals surface area contributed by atoms with E-state index < -0.39 is 5.97 Å². The number of benzene rings is 3. The van der Waals surface area contributed by atoms with Crippen molar-refractivity contribution in [3.8, 4) is 11.5 Å². The molecule has 4 rings (SSSR count). The van der Waals surface area contributed by atoms with Crippen LogP contribution in [-0.4, -0.2) is 19.0 Å². The fourth-order valence-electron chi connectivity index (χ4n) is 3.32. The highest BCUT2D eigenvalue weighted by Crippen LogP contribution is 2.31. The summed E-state index contributed by atoms with van der Waals surface area (Å²) in [5.41, 5.74) is 5.09. The van der Waals surface area contributed by atoms with E-state index in [2.05, 4.69) is 18.0 Å². The fraction of sp³-hybridized carbons (Fsp3) is 0.154. The summed E-state index contributed by atoms with van der Waals surface area (Å²) in [4.78, 5) is 16.7. The van der Waals surface area contributed by atoms with E-state index in [-0.39, 0.29) is 5.70 Å². The van der Waals surface area contributed by atoms with Gasteiger partial charge >= 0.3 is 5.97 Å². The molecule has 0 saturated carbocycles. The van der Waals surface area contributed by atoms with E-state index in [4.69, 9.17) is 14.2 Å². The number of aryl methyl sites for hydroxylation is 2. The third kappa shape index (κ3) is 4.51. The van der Waals surface area contributed by atoms with Crippen LogP contribution in [0.2, 0.25) is 0 Å². The van der Waals surface area contributed by atoms with Crippen LogP contribution in [0.25, 0.3) is 6.08 Å². The summed E-state index contributed by atoms with van der Waals surface area (Å²) in [5.74, 6) is 1.06. The SMILES string of the molecule is COc1cc(/C=C2\N=C(c3ccccc3C)OC2=O)ccc1OCc1ccccc1C. The van der Waals surface area contributed by atoms with E-state index in [0.717, 1.165) is 22.3 Å². The molecular weight excluding hydrogens is 390 g/mol. The molecule has 3 aromatic rings. The second kappa shape index (κ2) is 8.88. The standard InChI is InChI=1S/C26H23NO4/c1-17-8-4-6-10-20(17)16-30-23-13-12-19(15-24(23)29-3)14-22-26(28)31-25(27-22)21-11-7-5-9-18(21)2/h4-15H,16H2,1-3H3/b22-14-. The van der Waals surface area contributed by atoms with Gasteiger partial charge in [-0.05, 0) is 60.4 Å². The summed E-state index contributed by atoms with van der Waals surface area (Å²) in [6.45, 7) is 4.45. The molecule has 0 aliphatic carbocycles. The van der Waals surface area contributed by atoms with E-state index in [0.29, 0.717) is 24.0 Å². The highest BCUT2D eigenvalue weighted by atomic mass is 16.6. The maximum Gasteiger partial charge on any atom is 0.363 e. The lowest BCUT2D eigenvalue weighted by atomic mass is 10.1. The fourth-order valence-corrected chi connectivity index (χ4v) is 3.32. The molecule has 0 saturated heterocycles. The first-order valence-electron chi connectivity index (χ1n) is 9.99. The molecule has 0 unspecified atom stereocenters. The van der Waals surface area contributed by atoms with Gasteiger partial charge in [-0.3, -0.25) is 0 Å². The molecule has 1 aliphatic heterocycles. The number of rotatable bonds is 6. The molecule has 0 bridgehead atoms. The van der Waals surface area contributed by atoms with Gasteiger partial charge < -0.3 is 14.2 Å². The first-order valence-corrected chi connectivity index (χ1v) is 9.99. The summed E-state index contributed by atoms with van der Waals surface area (Å²) in [5, 5.41) is 0. The summed E-state index contributed by atoms with van der Waals surface area (Å²) < 4.78 is 16.8. The zero-order valence-corrected chi connectivity index (χ0v) is 17.7. The van der Waals surface area contributed by atoms with Crippen LogP contribution in [0.15, 0.2) is 77.4 Å². The number of carbonyl (C=O) groups excluding carboxylic acids is 1. The minimum absolute atomic E-state index is 0.244. The largest absolute Gasteiger partial charge is 0.493 e. The predicted molar refractivity (Wildman–Crippen MR) is 120 cm³/mol. The van der Waals surface area contributed by atoms with Crippen LogP contribution in [-0.2, 0) is 16.1 Å². The molecule has 0 spiro atoms. The lowest BCUT2D eigenvalue weighted by Gasteiger charge is -2.12. The normalized spacial score (nSPS) is 14.4. The van der Waals surface area contributed by atoms with Crippen molar-refractivity contribution in [3.05, 3.63) is 100 Å². The van der Waals surface area contributed by atoms with Gasteiger partial charge in [-0.2, -0.15) is 0 Å². The molecule has 1 heterocycles. The van der Waals surface area contributed by atoms with Crippen molar-refractivity contribution in [2.45, 2.75) is 20.5 Å². The number of nitrogens with zero attached hydrogens (tertiary/aromatic N) is 1. The van der Waals surface area contributed by atoms with Crippen LogP contribution in [0.4, 0.5) is 0 Å². The Morgan fingerprint density at radius 1 is 0.935 bits per heavy atom. The average molecular weight is 413 g/mol. The number of esters is 1. The molecule has 0 fully saturated rings. The Hall–Kier alpha value is -3.86. The third-order valence-corrected chi connectivity index (χ3v) is 5.13. The van der Waals surface area contributed by atoms with Crippen LogP contribution >= 0.6 is 0 Å². The van der Waals surface area contributed by atoms with Crippen molar-refractivity contribution in [2.24, 2.45) is 4.99 Å². The number of hydrogen-bond donors (Lipinski definition) is 0. The van der Waals surface area contributed by atoms with Gasteiger partial charge in [0, 0.05) is 5.56 Å². The van der Waals surface area contributed by atoms with E-state index in [9.17, 15) is 4.79 Å². The average Bonchev–Trinajstić information content (AvgIpc) is 3.13. The predicted octanol–water partition coefficient (Wildman–Crippen LogP) is 5.24. The van der Waals surface area contributed by atoms with Gasteiger partial charge in [0.25, 0.3) is 0 Å². The van der Waals surface area contributed by atoms with Crippen molar-refractivity contribution in [1.82, 2.24) is 0 Å². The molecule has 0 radical (unpaired) electrons. The van der Waals surface area contributed by atoms with E-state index in [1.165, 1.54) is 5.56 Å². The van der Waals surface area contributed by atoms with Crippen molar-refractivity contribution in [2.75, 3.05) is 7.11 Å². The number of ether oxygens (including phenoxy) is 3. The van der Waals surface area contributed by atoms with Crippen molar-refractivity contribution < 1.29 is 19.0 Å². The number of carbonyl (C=O) groups is 1. The Morgan fingerprint density at radius 2 is 1.68 bits per heavy atom. The van der Waals surface area contributed by atoms with E-state index in [1.54, 1.807) is 13.2 Å². The first-order chi connectivity index (χ1) is 15.0. The molecular formula is C26H23NO4. The summed E-state index contributed by atoms with van der Waals surface area (Å²) >= 11 is 0. The molecule has 5 heteroatoms. The van der Waals surface area contributed by atoms with E-state index in [1.807, 2.05) is 67.6 Å². The second-order valence-corrected chi connectivity index (χ2v) is 7.28. The van der Waals surface area contributed by atoms with Gasteiger partial charge in [-0.1, -0.05) is 48.5 Å². The maximum absolute atomic E-state index is 12.3. The number of cyclic esters (lactones) is 1. The van der Waals surface area contributed by atoms with Crippen molar-refractivity contribution >= 4 is 17.9 Å². The Kier molecular flexibility index (Phi) is 5.85. The maximum atomic E-state index is 12.3. The van der Waals surface area contributed by atoms with Crippen molar-refractivity contribution in [1.29, 1.82) is 0 Å². The molecule has 31 heavy (non-hydrogen) atoms. The number of hydrogen-bond acceptors (Lipinski definition) is 5. The summed E-state index contributed by atoms with van der Waals surface area (Å²) in [7, 11) is 1.59. The number of aliphatic imine (C=N–C) groups is 1. The van der Waals surface area contributed by atoms with Gasteiger partial charge in [0.15, 0.2) is 17.2 Å². The molecule has 156 valence electrons. The molecule has 0 aromatic heterocycles. The van der Waals surface area contributed by atoms with E-state index >= 15 is 0 Å². The van der Waals surface area contributed by atoms with Crippen LogP contribution < -0.4 is 9.47 Å². The Morgan fingerprint density at radius 3 is 2.42 bits per heavy atom. The molecule has 3 aromatic carbocycles. The Labute approximate surface area is 181 Å². The van der Waals surface area contributed by atoms with Gasteiger partial charge in [-0.25, -0.2) is 9.79 Å². The van der Waals surface area contributed by atoms with Gasteiger partial charge in [0.2, 0.25) is 5.90 Å². The first kappa shape index (κ1) is 20.4. The van der Waals surface area contributed by atoms with Crippen LogP contribution in [0, 0.1) is 13.8 Å². The molecule has 0 N–H and O–H groups in total. The third-order valence-electron chi connectivity index (χ3n) is 5.13. The summed E-state index contributed by atoms with van der Waals surface area (Å²) in [6.07, 6.45) is 1.68. The lowest BCUT2D eigenvalue weighted by Crippen LogP contribution is -2.06. The lowest BCUT2D eigenvalue weighted by molar-refractivity contribution is -0.129. The molecule has 1 aliphatic rings. The zero-order chi connectivity index (χ0) is 21.8. The van der Waals surface area contributed by atoms with Crippen LogP contribution in [0.5, 0.6) is 11.5 Å². The highest BCUT2D eigenvalue weighted by Gasteiger charge is 2.25. The molecule has 0 atom stereocenters. The quantitative estimate of drug-likeness (QED) is 0.410. The van der Waals surface area contributed by atoms with Gasteiger partial charge in [0.05, 0.1) is 7.11 Å². The Balaban J connectivity index is 1.56. The zero-order valence-electron chi connectivity index (χ0n) is 17.7. The Bertz CT molecular complexity index is 1190. The molecule has 0 amide bonds. The highest BCUT2D eigenvalue weighted by molar-refractivity contribution is 6.13. The summed E-state index contributed by atoms with van der Waals surface area (Å²) in [6, 6.07) is 21.2. The smallest absolute Gasteiger partial charge is 0.363 e. The topological polar surface area (TPSA) is 57.1 Å². The second-order valence-electron chi connectivity index (χ2n) is 7.28. The van der Waals surface area contributed by atoms with Gasteiger partial charge in [0.1, 0.15) is 6.61 Å². The monoisotopic (exact) mass is 413 g/mol. The molecule has 5 nitrogen and oxygen atoms in total. The van der Waals surface area contributed by atoms with Crippen LogP contribution in [0.3, 0.4) is 0 Å². The number of methoxy groups -OCH3 is 1. The minimum Gasteiger partial charge on any atom is -0.493 e. The van der Waals surface area contributed by atoms with Crippen LogP contribution in [0.1, 0.15) is 27.8 Å². The minimum atomic E-state index is -0.475. The van der Waals surface area contributed by atoms with Crippen molar-refractivity contribution in [3.63, 3.8) is 0 Å².